The first-order valence-corrected chi connectivity index (χ1v) is 10.3. The Morgan fingerprint density at radius 1 is 1.17 bits per heavy atom. The highest BCUT2D eigenvalue weighted by molar-refractivity contribution is 5.98. The van der Waals surface area contributed by atoms with Gasteiger partial charge in [0, 0.05) is 11.9 Å². The summed E-state index contributed by atoms with van der Waals surface area (Å²) >= 11 is 0. The van der Waals surface area contributed by atoms with Crippen molar-refractivity contribution in [2.75, 3.05) is 13.2 Å². The van der Waals surface area contributed by atoms with E-state index in [1.165, 1.54) is 6.07 Å². The molecule has 0 fully saturated rings. The van der Waals surface area contributed by atoms with Crippen LogP contribution in [0.5, 0.6) is 5.75 Å². The molecule has 0 aliphatic rings. The predicted octanol–water partition coefficient (Wildman–Crippen LogP) is 4.52. The Kier molecular flexibility index (Phi) is 7.22. The van der Waals surface area contributed by atoms with Crippen molar-refractivity contribution in [2.24, 2.45) is 0 Å². The number of H-pyrrole nitrogens is 1. The number of aromatic nitrogens is 1. The molecule has 158 valence electrons. The summed E-state index contributed by atoms with van der Waals surface area (Å²) < 4.78 is 19.6. The number of rotatable bonds is 9. The molecule has 0 aliphatic carbocycles. The van der Waals surface area contributed by atoms with Gasteiger partial charge in [0.1, 0.15) is 17.1 Å². The number of carbonyl (C=O) groups excluding carboxylic acids is 1. The fourth-order valence-corrected chi connectivity index (χ4v) is 3.34. The van der Waals surface area contributed by atoms with E-state index in [1.54, 1.807) is 24.3 Å². The van der Waals surface area contributed by atoms with Gasteiger partial charge in [-0.2, -0.15) is 0 Å². The Morgan fingerprint density at radius 3 is 2.73 bits per heavy atom. The number of pyridine rings is 1. The highest BCUT2D eigenvalue weighted by atomic mass is 19.1. The SMILES string of the molecule is CCCCCOc1c(C)ccc2cc(C(=O)NCCc3ccccc3F)c(=O)[nH]c12. The third-order valence-electron chi connectivity index (χ3n) is 5.05. The van der Waals surface area contributed by atoms with Crippen molar-refractivity contribution in [1.82, 2.24) is 10.3 Å². The predicted molar refractivity (Wildman–Crippen MR) is 117 cm³/mol. The summed E-state index contributed by atoms with van der Waals surface area (Å²) in [6.45, 7) is 4.87. The van der Waals surface area contributed by atoms with E-state index in [9.17, 15) is 14.0 Å². The number of nitrogens with one attached hydrogen (secondary N) is 2. The van der Waals surface area contributed by atoms with Crippen molar-refractivity contribution in [3.63, 3.8) is 0 Å². The van der Waals surface area contributed by atoms with Crippen LogP contribution < -0.4 is 15.6 Å². The number of ether oxygens (including phenoxy) is 1. The third kappa shape index (κ3) is 5.06. The molecule has 3 aromatic rings. The summed E-state index contributed by atoms with van der Waals surface area (Å²) in [4.78, 5) is 27.9. The number of aromatic amines is 1. The number of fused-ring (bicyclic) bond motifs is 1. The van der Waals surface area contributed by atoms with Crippen LogP contribution in [0.1, 0.15) is 47.7 Å². The third-order valence-corrected chi connectivity index (χ3v) is 5.05. The standard InChI is InChI=1S/C24H27FN2O3/c1-3-4-7-14-30-22-16(2)10-11-18-15-19(24(29)27-21(18)22)23(28)26-13-12-17-8-5-6-9-20(17)25/h5-6,8-11,15H,3-4,7,12-14H2,1-2H3,(H,26,28)(H,27,29). The minimum atomic E-state index is -0.486. The minimum absolute atomic E-state index is 0.0248. The van der Waals surface area contributed by atoms with Crippen molar-refractivity contribution in [3.05, 3.63) is 75.3 Å². The molecule has 1 amide bonds. The van der Waals surface area contributed by atoms with Crippen molar-refractivity contribution in [2.45, 2.75) is 39.5 Å². The van der Waals surface area contributed by atoms with E-state index in [-0.39, 0.29) is 17.9 Å². The highest BCUT2D eigenvalue weighted by Crippen LogP contribution is 2.27. The number of amides is 1. The lowest BCUT2D eigenvalue weighted by atomic mass is 10.1. The minimum Gasteiger partial charge on any atom is -0.491 e. The lowest BCUT2D eigenvalue weighted by molar-refractivity contribution is 0.0952. The molecule has 5 nitrogen and oxygen atoms in total. The van der Waals surface area contributed by atoms with E-state index in [0.29, 0.717) is 29.9 Å². The molecule has 1 aromatic heterocycles. The number of halogens is 1. The van der Waals surface area contributed by atoms with Crippen LogP contribution in [0.4, 0.5) is 4.39 Å². The van der Waals surface area contributed by atoms with Gasteiger partial charge in [-0.3, -0.25) is 9.59 Å². The maximum absolute atomic E-state index is 13.7. The largest absolute Gasteiger partial charge is 0.491 e. The van der Waals surface area contributed by atoms with Gasteiger partial charge in [0.15, 0.2) is 0 Å². The van der Waals surface area contributed by atoms with Gasteiger partial charge in [0.25, 0.3) is 11.5 Å². The Balaban J connectivity index is 1.75. The smallest absolute Gasteiger partial charge is 0.261 e. The van der Waals surface area contributed by atoms with Gasteiger partial charge in [-0.05, 0) is 43.0 Å². The van der Waals surface area contributed by atoms with Crippen LogP contribution in [-0.2, 0) is 6.42 Å². The Morgan fingerprint density at radius 2 is 1.97 bits per heavy atom. The summed E-state index contributed by atoms with van der Waals surface area (Å²) in [6, 6.07) is 11.8. The van der Waals surface area contributed by atoms with Crippen LogP contribution >= 0.6 is 0 Å². The van der Waals surface area contributed by atoms with Crippen molar-refractivity contribution >= 4 is 16.8 Å². The average Bonchev–Trinajstić information content (AvgIpc) is 2.73. The van der Waals surface area contributed by atoms with Gasteiger partial charge < -0.3 is 15.0 Å². The molecule has 0 radical (unpaired) electrons. The second kappa shape index (κ2) is 10.1. The lowest BCUT2D eigenvalue weighted by Crippen LogP contribution is -2.31. The second-order valence-electron chi connectivity index (χ2n) is 7.34. The number of benzene rings is 2. The van der Waals surface area contributed by atoms with E-state index in [4.69, 9.17) is 4.74 Å². The van der Waals surface area contributed by atoms with E-state index >= 15 is 0 Å². The van der Waals surface area contributed by atoms with Crippen molar-refractivity contribution in [3.8, 4) is 5.75 Å². The molecule has 0 aliphatic heterocycles. The molecule has 1 heterocycles. The van der Waals surface area contributed by atoms with Gasteiger partial charge in [-0.25, -0.2) is 4.39 Å². The van der Waals surface area contributed by atoms with Gasteiger partial charge in [0.2, 0.25) is 0 Å². The average molecular weight is 410 g/mol. The van der Waals surface area contributed by atoms with Crippen LogP contribution in [-0.4, -0.2) is 24.0 Å². The van der Waals surface area contributed by atoms with Gasteiger partial charge >= 0.3 is 0 Å². The van der Waals surface area contributed by atoms with Crippen molar-refractivity contribution in [1.29, 1.82) is 0 Å². The Bertz CT molecular complexity index is 1090. The molecule has 6 heteroatoms. The molecule has 2 aromatic carbocycles. The first kappa shape index (κ1) is 21.6. The van der Waals surface area contributed by atoms with Crippen LogP contribution in [0, 0.1) is 12.7 Å². The zero-order valence-corrected chi connectivity index (χ0v) is 17.4. The molecule has 0 saturated heterocycles. The molecule has 0 bridgehead atoms. The number of aryl methyl sites for hydroxylation is 1. The van der Waals surface area contributed by atoms with E-state index in [1.807, 2.05) is 19.1 Å². The van der Waals surface area contributed by atoms with Crippen LogP contribution in [0.2, 0.25) is 0 Å². The molecular formula is C24H27FN2O3. The zero-order valence-electron chi connectivity index (χ0n) is 17.4. The van der Waals surface area contributed by atoms with Gasteiger partial charge in [-0.1, -0.05) is 50.1 Å². The summed E-state index contributed by atoms with van der Waals surface area (Å²) in [7, 11) is 0. The lowest BCUT2D eigenvalue weighted by Gasteiger charge is -2.13. The fraction of sp³-hybridized carbons (Fsp3) is 0.333. The molecule has 3 rings (SSSR count). The number of unbranched alkanes of at least 4 members (excludes halogenated alkanes) is 2. The van der Waals surface area contributed by atoms with Crippen molar-refractivity contribution < 1.29 is 13.9 Å². The van der Waals surface area contributed by atoms with Crippen LogP contribution in [0.15, 0.2) is 47.3 Å². The monoisotopic (exact) mass is 410 g/mol. The first-order chi connectivity index (χ1) is 14.5. The van der Waals surface area contributed by atoms with Crippen LogP contribution in [0.25, 0.3) is 10.9 Å². The molecule has 0 unspecified atom stereocenters. The molecule has 0 saturated carbocycles. The molecule has 0 atom stereocenters. The molecule has 2 N–H and O–H groups in total. The normalized spacial score (nSPS) is 10.9. The topological polar surface area (TPSA) is 71.2 Å². The molecule has 0 spiro atoms. The number of hydrogen-bond donors (Lipinski definition) is 2. The van der Waals surface area contributed by atoms with Crippen LogP contribution in [0.3, 0.4) is 0 Å². The first-order valence-electron chi connectivity index (χ1n) is 10.3. The second-order valence-corrected chi connectivity index (χ2v) is 7.34. The van der Waals surface area contributed by atoms with E-state index in [2.05, 4.69) is 17.2 Å². The highest BCUT2D eigenvalue weighted by Gasteiger charge is 2.15. The van der Waals surface area contributed by atoms with E-state index < -0.39 is 11.5 Å². The summed E-state index contributed by atoms with van der Waals surface area (Å²) in [5, 5.41) is 3.42. The maximum atomic E-state index is 13.7. The Labute approximate surface area is 175 Å². The summed E-state index contributed by atoms with van der Waals surface area (Å²) in [6.07, 6.45) is 3.47. The van der Waals surface area contributed by atoms with E-state index in [0.717, 1.165) is 30.2 Å². The maximum Gasteiger partial charge on any atom is 0.261 e. The molecular weight excluding hydrogens is 383 g/mol. The number of hydrogen-bond acceptors (Lipinski definition) is 3. The quantitative estimate of drug-likeness (QED) is 0.510. The number of carbonyl (C=O) groups is 1. The molecule has 30 heavy (non-hydrogen) atoms. The zero-order chi connectivity index (χ0) is 21.5. The summed E-state index contributed by atoms with van der Waals surface area (Å²) in [5.41, 5.74) is 1.59. The summed E-state index contributed by atoms with van der Waals surface area (Å²) in [5.74, 6) is -0.148. The Hall–Kier alpha value is -3.15. The van der Waals surface area contributed by atoms with Gasteiger partial charge in [-0.15, -0.1) is 0 Å². The fourth-order valence-electron chi connectivity index (χ4n) is 3.34. The van der Waals surface area contributed by atoms with Gasteiger partial charge in [0.05, 0.1) is 12.1 Å².